The van der Waals surface area contributed by atoms with Gasteiger partial charge in [0.05, 0.1) is 6.10 Å². The summed E-state index contributed by atoms with van der Waals surface area (Å²) in [5.74, 6) is 3.91. The molecule has 3 atom stereocenters. The predicted molar refractivity (Wildman–Crippen MR) is 87.6 cm³/mol. The lowest BCUT2D eigenvalue weighted by Gasteiger charge is -2.28. The molecule has 0 aromatic heterocycles. The zero-order valence-corrected chi connectivity index (χ0v) is 13.6. The van der Waals surface area contributed by atoms with Gasteiger partial charge in [0.15, 0.2) is 0 Å². The van der Waals surface area contributed by atoms with Gasteiger partial charge >= 0.3 is 0 Å². The van der Waals surface area contributed by atoms with Gasteiger partial charge in [0.25, 0.3) is 0 Å². The summed E-state index contributed by atoms with van der Waals surface area (Å²) in [6, 6.07) is 9.09. The highest BCUT2D eigenvalue weighted by molar-refractivity contribution is 5.37. The van der Waals surface area contributed by atoms with Crippen LogP contribution in [0.1, 0.15) is 58.1 Å². The third-order valence-corrected chi connectivity index (χ3v) is 4.98. The zero-order valence-electron chi connectivity index (χ0n) is 13.6. The summed E-state index contributed by atoms with van der Waals surface area (Å²) in [6.07, 6.45) is 5.71. The molecule has 0 radical (unpaired) electrons. The van der Waals surface area contributed by atoms with E-state index in [9.17, 15) is 0 Å². The minimum atomic E-state index is 0.231. The Balaban J connectivity index is 1.81. The van der Waals surface area contributed by atoms with Gasteiger partial charge in [-0.05, 0) is 69.9 Å². The molecule has 0 saturated heterocycles. The molecule has 2 heteroatoms. The van der Waals surface area contributed by atoms with Crippen molar-refractivity contribution in [2.45, 2.75) is 58.6 Å². The van der Waals surface area contributed by atoms with Crippen LogP contribution in [-0.4, -0.2) is 12.6 Å². The van der Waals surface area contributed by atoms with E-state index in [1.165, 1.54) is 31.2 Å². The van der Waals surface area contributed by atoms with Gasteiger partial charge in [0.2, 0.25) is 0 Å². The molecule has 0 heterocycles. The maximum Gasteiger partial charge on any atom is 0.124 e. The topological polar surface area (TPSA) is 21.3 Å². The van der Waals surface area contributed by atoms with Gasteiger partial charge in [-0.25, -0.2) is 0 Å². The Labute approximate surface area is 129 Å². The molecule has 2 nitrogen and oxygen atoms in total. The van der Waals surface area contributed by atoms with E-state index in [4.69, 9.17) is 4.74 Å². The van der Waals surface area contributed by atoms with Crippen molar-refractivity contribution < 1.29 is 4.74 Å². The maximum atomic E-state index is 6.06. The van der Waals surface area contributed by atoms with E-state index in [0.717, 1.165) is 30.0 Å². The van der Waals surface area contributed by atoms with Gasteiger partial charge in [0, 0.05) is 11.6 Å². The van der Waals surface area contributed by atoms with Gasteiger partial charge in [-0.1, -0.05) is 25.1 Å². The first kappa shape index (κ1) is 14.9. The lowest BCUT2D eigenvalue weighted by Crippen LogP contribution is -2.29. The van der Waals surface area contributed by atoms with Crippen molar-refractivity contribution in [1.29, 1.82) is 0 Å². The first-order chi connectivity index (χ1) is 10.2. The van der Waals surface area contributed by atoms with Crippen molar-refractivity contribution in [3.63, 3.8) is 0 Å². The summed E-state index contributed by atoms with van der Waals surface area (Å²) in [5, 5.41) is 3.80. The average Bonchev–Trinajstić information content (AvgIpc) is 3.07. The Morgan fingerprint density at radius 1 is 1.14 bits per heavy atom. The Morgan fingerprint density at radius 3 is 2.52 bits per heavy atom. The Morgan fingerprint density at radius 2 is 1.86 bits per heavy atom. The first-order valence-electron chi connectivity index (χ1n) is 8.68. The molecular formula is C19H29NO. The molecule has 1 N–H and O–H groups in total. The molecule has 0 spiro atoms. The predicted octanol–water partition coefficient (Wildman–Crippen LogP) is 4.56. The minimum absolute atomic E-state index is 0.231. The Hall–Kier alpha value is -1.02. The minimum Gasteiger partial charge on any atom is -0.491 e. The third kappa shape index (κ3) is 3.42. The Bertz CT molecular complexity index is 460. The van der Waals surface area contributed by atoms with E-state index in [2.05, 4.69) is 50.4 Å². The number of benzene rings is 1. The van der Waals surface area contributed by atoms with E-state index in [0.29, 0.717) is 6.04 Å². The summed E-state index contributed by atoms with van der Waals surface area (Å²) in [4.78, 5) is 0. The van der Waals surface area contributed by atoms with Gasteiger partial charge in [0.1, 0.15) is 5.75 Å². The molecule has 0 amide bonds. The molecule has 21 heavy (non-hydrogen) atoms. The summed E-state index contributed by atoms with van der Waals surface area (Å²) in [6.45, 7) is 7.55. The van der Waals surface area contributed by atoms with Crippen LogP contribution in [0.4, 0.5) is 0 Å². The fraction of sp³-hybridized carbons (Fsp3) is 0.684. The van der Waals surface area contributed by atoms with E-state index < -0.39 is 0 Å². The number of hydrogen-bond donors (Lipinski definition) is 1. The normalized spacial score (nSPS) is 28.5. The van der Waals surface area contributed by atoms with Crippen LogP contribution in [0.15, 0.2) is 24.3 Å². The molecule has 3 unspecified atom stereocenters. The average molecular weight is 287 g/mol. The second kappa shape index (κ2) is 6.39. The van der Waals surface area contributed by atoms with Crippen LogP contribution < -0.4 is 10.1 Å². The highest BCUT2D eigenvalue weighted by Gasteiger charge is 2.48. The van der Waals surface area contributed by atoms with Crippen molar-refractivity contribution >= 4 is 0 Å². The molecule has 0 bridgehead atoms. The highest BCUT2D eigenvalue weighted by atomic mass is 16.5. The maximum absolute atomic E-state index is 6.06. The van der Waals surface area contributed by atoms with Crippen molar-refractivity contribution in [1.82, 2.24) is 5.32 Å². The first-order valence-corrected chi connectivity index (χ1v) is 8.68. The lowest BCUT2D eigenvalue weighted by molar-refractivity contribution is 0.232. The third-order valence-electron chi connectivity index (χ3n) is 4.98. The number of rotatable bonds is 7. The SMILES string of the molecule is CCCNC(c1ccccc1OC(C)C)C1CC2CC2C1. The van der Waals surface area contributed by atoms with Crippen LogP contribution in [0.3, 0.4) is 0 Å². The highest BCUT2D eigenvalue weighted by Crippen LogP contribution is 2.57. The molecule has 2 fully saturated rings. The van der Waals surface area contributed by atoms with Crippen molar-refractivity contribution in [2.75, 3.05) is 6.54 Å². The summed E-state index contributed by atoms with van der Waals surface area (Å²) in [5.41, 5.74) is 1.37. The second-order valence-electron chi connectivity index (χ2n) is 7.12. The monoisotopic (exact) mass is 287 g/mol. The van der Waals surface area contributed by atoms with Crippen LogP contribution in [0.25, 0.3) is 0 Å². The van der Waals surface area contributed by atoms with Crippen molar-refractivity contribution in [2.24, 2.45) is 17.8 Å². The van der Waals surface area contributed by atoms with Crippen LogP contribution in [-0.2, 0) is 0 Å². The number of hydrogen-bond acceptors (Lipinski definition) is 2. The quantitative estimate of drug-likeness (QED) is 0.793. The summed E-state index contributed by atoms with van der Waals surface area (Å²) in [7, 11) is 0. The zero-order chi connectivity index (χ0) is 14.8. The molecule has 2 aliphatic carbocycles. The van der Waals surface area contributed by atoms with E-state index in [-0.39, 0.29) is 6.10 Å². The summed E-state index contributed by atoms with van der Waals surface area (Å²) >= 11 is 0. The molecule has 1 aromatic rings. The van der Waals surface area contributed by atoms with Crippen LogP contribution in [0.5, 0.6) is 5.75 Å². The molecule has 2 saturated carbocycles. The van der Waals surface area contributed by atoms with Gasteiger partial charge in [-0.2, -0.15) is 0 Å². The standard InChI is InChI=1S/C19H29NO/c1-4-9-20-19(16-11-14-10-15(14)12-16)17-7-5-6-8-18(17)21-13(2)3/h5-8,13-16,19-20H,4,9-12H2,1-3H3. The molecule has 2 aliphatic rings. The number of ether oxygens (including phenoxy) is 1. The molecule has 1 aromatic carbocycles. The molecule has 3 rings (SSSR count). The van der Waals surface area contributed by atoms with E-state index in [1.807, 2.05) is 0 Å². The van der Waals surface area contributed by atoms with E-state index in [1.54, 1.807) is 0 Å². The smallest absolute Gasteiger partial charge is 0.124 e. The molecule has 0 aliphatic heterocycles. The number of fused-ring (bicyclic) bond motifs is 1. The number of para-hydroxylation sites is 1. The van der Waals surface area contributed by atoms with Crippen LogP contribution in [0, 0.1) is 17.8 Å². The Kier molecular flexibility index (Phi) is 4.54. The van der Waals surface area contributed by atoms with Crippen molar-refractivity contribution in [3.8, 4) is 5.75 Å². The number of nitrogens with one attached hydrogen (secondary N) is 1. The fourth-order valence-electron chi connectivity index (χ4n) is 3.96. The fourth-order valence-corrected chi connectivity index (χ4v) is 3.96. The van der Waals surface area contributed by atoms with E-state index >= 15 is 0 Å². The second-order valence-corrected chi connectivity index (χ2v) is 7.12. The van der Waals surface area contributed by atoms with Gasteiger partial charge in [-0.15, -0.1) is 0 Å². The van der Waals surface area contributed by atoms with Crippen LogP contribution in [0.2, 0.25) is 0 Å². The van der Waals surface area contributed by atoms with Crippen LogP contribution >= 0.6 is 0 Å². The molecular weight excluding hydrogens is 258 g/mol. The largest absolute Gasteiger partial charge is 0.491 e. The lowest BCUT2D eigenvalue weighted by atomic mass is 9.88. The summed E-state index contributed by atoms with van der Waals surface area (Å²) < 4.78 is 6.06. The van der Waals surface area contributed by atoms with Crippen molar-refractivity contribution in [3.05, 3.63) is 29.8 Å². The van der Waals surface area contributed by atoms with Gasteiger partial charge < -0.3 is 10.1 Å². The molecule has 116 valence electrons. The van der Waals surface area contributed by atoms with Gasteiger partial charge in [-0.3, -0.25) is 0 Å².